The summed E-state index contributed by atoms with van der Waals surface area (Å²) in [6, 6.07) is 3.81. The highest BCUT2D eigenvalue weighted by molar-refractivity contribution is 7.83. The third kappa shape index (κ3) is 3.82. The topological polar surface area (TPSA) is 66.4 Å². The zero-order valence-corrected chi connectivity index (χ0v) is 7.86. The molecule has 2 N–H and O–H groups in total. The van der Waals surface area contributed by atoms with E-state index in [-0.39, 0.29) is 6.54 Å². The van der Waals surface area contributed by atoms with Gasteiger partial charge in [0.2, 0.25) is 0 Å². The van der Waals surface area contributed by atoms with Gasteiger partial charge in [0.05, 0.1) is 0 Å². The zero-order valence-electron chi connectivity index (χ0n) is 6.23. The van der Waals surface area contributed by atoms with Gasteiger partial charge < -0.3 is 0 Å². The van der Waals surface area contributed by atoms with Crippen LogP contribution in [0.15, 0.2) is 17.5 Å². The van der Waals surface area contributed by atoms with Gasteiger partial charge in [-0.25, -0.2) is 0 Å². The lowest BCUT2D eigenvalue weighted by atomic mass is 10.3. The Morgan fingerprint density at radius 3 is 2.83 bits per heavy atom. The van der Waals surface area contributed by atoms with Crippen molar-refractivity contribution >= 4 is 21.6 Å². The van der Waals surface area contributed by atoms with Gasteiger partial charge >= 0.3 is 10.3 Å². The van der Waals surface area contributed by atoms with Crippen LogP contribution in [-0.4, -0.2) is 19.5 Å². The van der Waals surface area contributed by atoms with Crippen LogP contribution in [0.25, 0.3) is 0 Å². The molecule has 0 aliphatic carbocycles. The molecule has 0 atom stereocenters. The molecule has 1 aromatic rings. The highest BCUT2D eigenvalue weighted by Crippen LogP contribution is 2.07. The van der Waals surface area contributed by atoms with Gasteiger partial charge in [-0.2, -0.15) is 13.1 Å². The molecule has 0 spiro atoms. The van der Waals surface area contributed by atoms with E-state index in [4.69, 9.17) is 4.55 Å². The minimum absolute atomic E-state index is 0.235. The van der Waals surface area contributed by atoms with Gasteiger partial charge in [-0.1, -0.05) is 6.07 Å². The van der Waals surface area contributed by atoms with Crippen molar-refractivity contribution in [3.63, 3.8) is 0 Å². The van der Waals surface area contributed by atoms with Gasteiger partial charge in [0, 0.05) is 11.4 Å². The maximum atomic E-state index is 10.2. The number of rotatable bonds is 4. The fraction of sp³-hybridized carbons (Fsp3) is 0.333. The lowest BCUT2D eigenvalue weighted by Crippen LogP contribution is -2.24. The zero-order chi connectivity index (χ0) is 9.03. The maximum Gasteiger partial charge on any atom is 0.333 e. The highest BCUT2D eigenvalue weighted by atomic mass is 32.2. The summed E-state index contributed by atoms with van der Waals surface area (Å²) >= 11 is 1.56. The standard InChI is InChI=1S/C6H9NO3S2/c8-12(9,10)7-4-3-6-2-1-5-11-6/h1-2,5,7H,3-4H2,(H,8,9,10). The monoisotopic (exact) mass is 207 g/mol. The van der Waals surface area contributed by atoms with Gasteiger partial charge in [-0.15, -0.1) is 11.3 Å². The molecule has 0 aliphatic rings. The first-order valence-corrected chi connectivity index (χ1v) is 5.64. The molecule has 1 heterocycles. The molecule has 0 bridgehead atoms. The molecule has 4 nitrogen and oxygen atoms in total. The SMILES string of the molecule is O=S(=O)(O)NCCc1cccs1. The molecule has 0 saturated carbocycles. The average Bonchev–Trinajstić information content (AvgIpc) is 2.36. The number of hydrogen-bond donors (Lipinski definition) is 2. The summed E-state index contributed by atoms with van der Waals surface area (Å²) in [5.74, 6) is 0. The maximum absolute atomic E-state index is 10.2. The molecular weight excluding hydrogens is 198 g/mol. The van der Waals surface area contributed by atoms with E-state index in [2.05, 4.69) is 0 Å². The summed E-state index contributed by atoms with van der Waals surface area (Å²) in [4.78, 5) is 1.09. The van der Waals surface area contributed by atoms with E-state index < -0.39 is 10.3 Å². The van der Waals surface area contributed by atoms with Crippen LogP contribution in [-0.2, 0) is 16.7 Å². The fourth-order valence-electron chi connectivity index (χ4n) is 0.758. The minimum atomic E-state index is -4.02. The van der Waals surface area contributed by atoms with Crippen LogP contribution in [0.1, 0.15) is 4.88 Å². The predicted octanol–water partition coefficient (Wildman–Crippen LogP) is 0.683. The van der Waals surface area contributed by atoms with E-state index in [1.165, 1.54) is 0 Å². The molecule has 68 valence electrons. The number of nitrogens with one attached hydrogen (secondary N) is 1. The van der Waals surface area contributed by atoms with Crippen LogP contribution in [0.2, 0.25) is 0 Å². The van der Waals surface area contributed by atoms with Crippen LogP contribution < -0.4 is 4.72 Å². The van der Waals surface area contributed by atoms with E-state index in [9.17, 15) is 8.42 Å². The van der Waals surface area contributed by atoms with Crippen molar-refractivity contribution in [3.05, 3.63) is 22.4 Å². The van der Waals surface area contributed by atoms with E-state index >= 15 is 0 Å². The van der Waals surface area contributed by atoms with Crippen LogP contribution in [0.4, 0.5) is 0 Å². The molecule has 0 radical (unpaired) electrons. The van der Waals surface area contributed by atoms with E-state index in [1.54, 1.807) is 11.3 Å². The van der Waals surface area contributed by atoms with Crippen LogP contribution in [0.3, 0.4) is 0 Å². The smallest absolute Gasteiger partial charge is 0.273 e. The van der Waals surface area contributed by atoms with E-state index in [0.29, 0.717) is 6.42 Å². The quantitative estimate of drug-likeness (QED) is 0.714. The second kappa shape index (κ2) is 3.99. The summed E-state index contributed by atoms with van der Waals surface area (Å²) in [6.45, 7) is 0.235. The van der Waals surface area contributed by atoms with Gasteiger partial charge in [0.1, 0.15) is 0 Å². The molecule has 0 unspecified atom stereocenters. The Morgan fingerprint density at radius 2 is 2.33 bits per heavy atom. The largest absolute Gasteiger partial charge is 0.333 e. The van der Waals surface area contributed by atoms with Crippen molar-refractivity contribution in [1.82, 2.24) is 4.72 Å². The summed E-state index contributed by atoms with van der Waals surface area (Å²) in [5.41, 5.74) is 0. The molecule has 0 fully saturated rings. The molecule has 1 rings (SSSR count). The Morgan fingerprint density at radius 1 is 1.58 bits per heavy atom. The Bertz CT molecular complexity index is 317. The molecule has 1 aromatic heterocycles. The molecular formula is C6H9NO3S2. The average molecular weight is 207 g/mol. The lowest BCUT2D eigenvalue weighted by molar-refractivity contribution is 0.468. The first-order valence-electron chi connectivity index (χ1n) is 3.32. The van der Waals surface area contributed by atoms with Gasteiger partial charge in [-0.05, 0) is 17.9 Å². The summed E-state index contributed by atoms with van der Waals surface area (Å²) in [7, 11) is -4.02. The number of thiophene rings is 1. The van der Waals surface area contributed by atoms with Crippen molar-refractivity contribution < 1.29 is 13.0 Å². The Hall–Kier alpha value is -0.430. The third-order valence-electron chi connectivity index (χ3n) is 1.24. The van der Waals surface area contributed by atoms with E-state index in [0.717, 1.165) is 4.88 Å². The highest BCUT2D eigenvalue weighted by Gasteiger charge is 2.01. The summed E-state index contributed by atoms with van der Waals surface area (Å²) in [5, 5.41) is 1.92. The minimum Gasteiger partial charge on any atom is -0.273 e. The van der Waals surface area contributed by atoms with Crippen molar-refractivity contribution in [3.8, 4) is 0 Å². The first-order chi connectivity index (χ1) is 5.58. The molecule has 0 aliphatic heterocycles. The fourth-order valence-corrected chi connectivity index (χ4v) is 1.83. The van der Waals surface area contributed by atoms with Crippen LogP contribution in [0, 0.1) is 0 Å². The van der Waals surface area contributed by atoms with Gasteiger partial charge in [0.25, 0.3) is 0 Å². The van der Waals surface area contributed by atoms with Gasteiger partial charge in [-0.3, -0.25) is 4.55 Å². The van der Waals surface area contributed by atoms with Crippen molar-refractivity contribution in [2.75, 3.05) is 6.54 Å². The molecule has 0 saturated heterocycles. The Kier molecular flexibility index (Phi) is 3.21. The summed E-state index contributed by atoms with van der Waals surface area (Å²) < 4.78 is 30.7. The molecule has 6 heteroatoms. The third-order valence-corrected chi connectivity index (χ3v) is 2.74. The number of hydrogen-bond acceptors (Lipinski definition) is 3. The van der Waals surface area contributed by atoms with Gasteiger partial charge in [0.15, 0.2) is 0 Å². The lowest BCUT2D eigenvalue weighted by Gasteiger charge is -1.97. The van der Waals surface area contributed by atoms with Crippen LogP contribution in [0.5, 0.6) is 0 Å². The second-order valence-corrected chi connectivity index (χ2v) is 4.47. The molecule has 0 amide bonds. The predicted molar refractivity (Wildman–Crippen MR) is 47.6 cm³/mol. The normalized spacial score (nSPS) is 11.8. The van der Waals surface area contributed by atoms with Crippen molar-refractivity contribution in [2.24, 2.45) is 0 Å². The molecule has 12 heavy (non-hydrogen) atoms. The van der Waals surface area contributed by atoms with E-state index in [1.807, 2.05) is 22.2 Å². The van der Waals surface area contributed by atoms with Crippen LogP contribution >= 0.6 is 11.3 Å². The molecule has 0 aromatic carbocycles. The van der Waals surface area contributed by atoms with Crippen molar-refractivity contribution in [1.29, 1.82) is 0 Å². The van der Waals surface area contributed by atoms with Crippen molar-refractivity contribution in [2.45, 2.75) is 6.42 Å². The summed E-state index contributed by atoms with van der Waals surface area (Å²) in [6.07, 6.45) is 0.609. The Labute approximate surface area is 75.1 Å². The Balaban J connectivity index is 2.29. The first kappa shape index (κ1) is 9.66. The second-order valence-electron chi connectivity index (χ2n) is 2.20.